The van der Waals surface area contributed by atoms with E-state index in [9.17, 15) is 9.59 Å². The van der Waals surface area contributed by atoms with Crippen molar-refractivity contribution in [2.75, 3.05) is 6.61 Å². The van der Waals surface area contributed by atoms with Gasteiger partial charge in [0.2, 0.25) is 0 Å². The first-order valence-electron chi connectivity index (χ1n) is 5.48. The average molecular weight is 227 g/mol. The van der Waals surface area contributed by atoms with Gasteiger partial charge in [-0.05, 0) is 27.2 Å². The summed E-state index contributed by atoms with van der Waals surface area (Å²) < 4.78 is 4.73. The highest BCUT2D eigenvalue weighted by molar-refractivity contribution is 5.94. The summed E-state index contributed by atoms with van der Waals surface area (Å²) in [6.07, 6.45) is 1.76. The normalized spacial score (nSPS) is 8.75. The van der Waals surface area contributed by atoms with Crippen molar-refractivity contribution < 1.29 is 14.3 Å². The third kappa shape index (κ3) is 18.4. The molecule has 0 aliphatic carbocycles. The minimum Gasteiger partial charge on any atom is -0.465 e. The monoisotopic (exact) mass is 227 g/mol. The van der Waals surface area contributed by atoms with E-state index in [2.05, 4.69) is 0 Å². The molecule has 0 saturated carbocycles. The molecule has 16 heavy (non-hydrogen) atoms. The Hall–Kier alpha value is -1.37. The van der Waals surface area contributed by atoms with Crippen molar-refractivity contribution >= 4 is 11.8 Å². The number of hydrogen-bond acceptors (Lipinski definition) is 4. The first-order valence-corrected chi connectivity index (χ1v) is 5.48. The van der Waals surface area contributed by atoms with Crippen LogP contribution < -0.4 is 0 Å². The summed E-state index contributed by atoms with van der Waals surface area (Å²) in [7, 11) is 0. The number of unbranched alkanes of at least 4 members (excludes halogenated alkanes) is 1. The molecule has 0 spiro atoms. The topological polar surface area (TPSA) is 67.2 Å². The second-order valence-corrected chi connectivity index (χ2v) is 3.74. The highest BCUT2D eigenvalue weighted by Gasteiger charge is 2.04. The third-order valence-corrected chi connectivity index (χ3v) is 1.41. The standard InChI is InChI=1S/C8H14O3.C4H7N/c1-3-4-5-11-8(10)6-7(2)9;1-4(2)3-5/h3-6H2,1-2H3;4H,1-2H3. The van der Waals surface area contributed by atoms with E-state index in [1.807, 2.05) is 26.8 Å². The average Bonchev–Trinajstić information content (AvgIpc) is 2.18. The summed E-state index contributed by atoms with van der Waals surface area (Å²) in [5.74, 6) is -0.368. The van der Waals surface area contributed by atoms with Crippen LogP contribution in [0.25, 0.3) is 0 Å². The fourth-order valence-corrected chi connectivity index (χ4v) is 0.585. The fourth-order valence-electron chi connectivity index (χ4n) is 0.585. The van der Waals surface area contributed by atoms with Gasteiger partial charge in [-0.2, -0.15) is 5.26 Å². The summed E-state index contributed by atoms with van der Waals surface area (Å²) in [5, 5.41) is 7.89. The molecule has 0 radical (unpaired) electrons. The maximum Gasteiger partial charge on any atom is 0.313 e. The molecule has 0 bridgehead atoms. The van der Waals surface area contributed by atoms with Crippen LogP contribution in [0.2, 0.25) is 0 Å². The second kappa shape index (κ2) is 11.7. The van der Waals surface area contributed by atoms with Crippen molar-refractivity contribution in [2.24, 2.45) is 5.92 Å². The molecule has 0 saturated heterocycles. The molecular weight excluding hydrogens is 206 g/mol. The Morgan fingerprint density at radius 2 is 1.88 bits per heavy atom. The fraction of sp³-hybridized carbons (Fsp3) is 0.750. The molecule has 0 aromatic rings. The van der Waals surface area contributed by atoms with Crippen molar-refractivity contribution in [1.82, 2.24) is 0 Å². The van der Waals surface area contributed by atoms with Gasteiger partial charge in [0.25, 0.3) is 0 Å². The minimum absolute atomic E-state index is 0.0935. The second-order valence-electron chi connectivity index (χ2n) is 3.74. The van der Waals surface area contributed by atoms with Crippen LogP contribution in [0, 0.1) is 17.2 Å². The lowest BCUT2D eigenvalue weighted by Crippen LogP contribution is -2.09. The summed E-state index contributed by atoms with van der Waals surface area (Å²) in [6, 6.07) is 2.03. The van der Waals surface area contributed by atoms with E-state index >= 15 is 0 Å². The van der Waals surface area contributed by atoms with Gasteiger partial charge < -0.3 is 4.74 Å². The van der Waals surface area contributed by atoms with Crippen molar-refractivity contribution in [3.05, 3.63) is 0 Å². The molecule has 0 aromatic carbocycles. The lowest BCUT2D eigenvalue weighted by molar-refractivity contribution is -0.145. The van der Waals surface area contributed by atoms with Crippen LogP contribution >= 0.6 is 0 Å². The predicted octanol–water partition coefficient (Wildman–Crippen LogP) is 2.47. The van der Waals surface area contributed by atoms with Gasteiger partial charge in [0.15, 0.2) is 0 Å². The van der Waals surface area contributed by atoms with Gasteiger partial charge in [-0.15, -0.1) is 0 Å². The van der Waals surface area contributed by atoms with Crippen LogP contribution in [0.3, 0.4) is 0 Å². The van der Waals surface area contributed by atoms with E-state index in [4.69, 9.17) is 10.00 Å². The van der Waals surface area contributed by atoms with Gasteiger partial charge in [0, 0.05) is 5.92 Å². The van der Waals surface area contributed by atoms with Crippen molar-refractivity contribution in [3.8, 4) is 6.07 Å². The quantitative estimate of drug-likeness (QED) is 0.411. The van der Waals surface area contributed by atoms with Crippen LogP contribution in [-0.2, 0) is 14.3 Å². The molecule has 0 N–H and O–H groups in total. The lowest BCUT2D eigenvalue weighted by atomic mass is 10.3. The van der Waals surface area contributed by atoms with E-state index in [0.717, 1.165) is 12.8 Å². The highest BCUT2D eigenvalue weighted by Crippen LogP contribution is 1.92. The molecule has 0 aliphatic heterocycles. The van der Waals surface area contributed by atoms with E-state index in [0.29, 0.717) is 6.61 Å². The van der Waals surface area contributed by atoms with Crippen LogP contribution in [0.4, 0.5) is 0 Å². The summed E-state index contributed by atoms with van der Waals surface area (Å²) in [6.45, 7) is 7.54. The number of nitriles is 1. The van der Waals surface area contributed by atoms with Gasteiger partial charge in [0.05, 0.1) is 12.7 Å². The zero-order valence-corrected chi connectivity index (χ0v) is 10.6. The van der Waals surface area contributed by atoms with Crippen LogP contribution in [0.1, 0.15) is 47.0 Å². The number of rotatable bonds is 5. The molecule has 0 amide bonds. The van der Waals surface area contributed by atoms with Crippen molar-refractivity contribution in [3.63, 3.8) is 0 Å². The number of nitrogens with zero attached hydrogens (tertiary/aromatic N) is 1. The zero-order valence-electron chi connectivity index (χ0n) is 10.6. The summed E-state index contributed by atoms with van der Waals surface area (Å²) in [5.41, 5.74) is 0. The van der Waals surface area contributed by atoms with Gasteiger partial charge in [-0.3, -0.25) is 9.59 Å². The van der Waals surface area contributed by atoms with Crippen LogP contribution in [0.5, 0.6) is 0 Å². The van der Waals surface area contributed by atoms with Gasteiger partial charge in [-0.1, -0.05) is 13.3 Å². The number of Topliss-reactive ketones (excluding diaryl/α,β-unsaturated/α-hetero) is 1. The largest absolute Gasteiger partial charge is 0.465 e. The third-order valence-electron chi connectivity index (χ3n) is 1.41. The first kappa shape index (κ1) is 17.0. The number of ketones is 1. The van der Waals surface area contributed by atoms with E-state index in [1.54, 1.807) is 0 Å². The Labute approximate surface area is 97.6 Å². The maximum absolute atomic E-state index is 10.7. The molecule has 0 heterocycles. The number of hydrogen-bond donors (Lipinski definition) is 0. The molecule has 0 fully saturated rings. The molecule has 92 valence electrons. The molecule has 4 nitrogen and oxygen atoms in total. The van der Waals surface area contributed by atoms with Gasteiger partial charge in [-0.25, -0.2) is 0 Å². The van der Waals surface area contributed by atoms with E-state index < -0.39 is 5.97 Å². The Morgan fingerprint density at radius 3 is 2.19 bits per heavy atom. The summed E-state index contributed by atoms with van der Waals surface area (Å²) >= 11 is 0. The number of carbonyl (C=O) groups excluding carboxylic acids is 2. The Balaban J connectivity index is 0. The predicted molar refractivity (Wildman–Crippen MR) is 61.6 cm³/mol. The first-order chi connectivity index (χ1) is 7.43. The number of carbonyl (C=O) groups is 2. The van der Waals surface area contributed by atoms with E-state index in [1.165, 1.54) is 6.92 Å². The Kier molecular flexibility index (Phi) is 12.5. The molecule has 0 unspecified atom stereocenters. The number of ether oxygens (including phenoxy) is 1. The van der Waals surface area contributed by atoms with E-state index in [-0.39, 0.29) is 18.1 Å². The molecule has 0 aromatic heterocycles. The smallest absolute Gasteiger partial charge is 0.313 e. The Morgan fingerprint density at radius 1 is 1.38 bits per heavy atom. The maximum atomic E-state index is 10.7. The van der Waals surface area contributed by atoms with Gasteiger partial charge >= 0.3 is 5.97 Å². The van der Waals surface area contributed by atoms with Crippen LogP contribution in [0.15, 0.2) is 0 Å². The lowest BCUT2D eigenvalue weighted by Gasteiger charge is -2.00. The van der Waals surface area contributed by atoms with Crippen LogP contribution in [-0.4, -0.2) is 18.4 Å². The molecule has 4 heteroatoms. The molecular formula is C12H21NO3. The molecule has 0 rings (SSSR count). The van der Waals surface area contributed by atoms with Crippen molar-refractivity contribution in [1.29, 1.82) is 5.26 Å². The zero-order chi connectivity index (χ0) is 13.0. The number of esters is 1. The SMILES string of the molecule is CC(C)C#N.CCCCOC(=O)CC(C)=O. The minimum atomic E-state index is -0.411. The van der Waals surface area contributed by atoms with Crippen molar-refractivity contribution in [2.45, 2.75) is 47.0 Å². The highest BCUT2D eigenvalue weighted by atomic mass is 16.5. The molecule has 0 aliphatic rings. The molecule has 0 atom stereocenters. The summed E-state index contributed by atoms with van der Waals surface area (Å²) in [4.78, 5) is 21.1. The van der Waals surface area contributed by atoms with Gasteiger partial charge in [0.1, 0.15) is 12.2 Å². The Bertz CT molecular complexity index is 241.